The molecule has 0 spiro atoms. The van der Waals surface area contributed by atoms with Gasteiger partial charge in [-0.25, -0.2) is 4.79 Å². The van der Waals surface area contributed by atoms with Gasteiger partial charge in [-0.3, -0.25) is 0 Å². The summed E-state index contributed by atoms with van der Waals surface area (Å²) in [7, 11) is 0. The molecule has 0 unspecified atom stereocenters. The molecule has 1 atom stereocenters. The third-order valence-corrected chi connectivity index (χ3v) is 4.76. The van der Waals surface area contributed by atoms with Crippen LogP contribution >= 0.6 is 0 Å². The smallest absolute Gasteiger partial charge is 0.404 e. The van der Waals surface area contributed by atoms with Crippen molar-refractivity contribution in [3.8, 4) is 5.75 Å². The predicted molar refractivity (Wildman–Crippen MR) is 88.2 cm³/mol. The van der Waals surface area contributed by atoms with Crippen LogP contribution in [0.1, 0.15) is 37.4 Å². The molecule has 0 saturated heterocycles. The standard InChI is InChI=1S/C18H22N2O3/c1-11(19-18(21)22)9-14-15-10-13(23-12-4-5-12)6-7-17(15)20-8-2-3-16(14)20/h6-7,10-12,19H,2-5,8-9H2,1H3,(H,21,22)/t11-/m0/s1. The fourth-order valence-electron chi connectivity index (χ4n) is 3.65. The molecular formula is C18H22N2O3. The first kappa shape index (κ1) is 14.4. The van der Waals surface area contributed by atoms with Gasteiger partial charge in [0.05, 0.1) is 6.10 Å². The molecule has 2 N–H and O–H groups in total. The van der Waals surface area contributed by atoms with E-state index < -0.39 is 6.09 Å². The maximum atomic E-state index is 10.9. The Morgan fingerprint density at radius 1 is 1.48 bits per heavy atom. The minimum atomic E-state index is -0.963. The van der Waals surface area contributed by atoms with Gasteiger partial charge in [-0.1, -0.05) is 0 Å². The van der Waals surface area contributed by atoms with Gasteiger partial charge in [0.15, 0.2) is 0 Å². The number of ether oxygens (including phenoxy) is 1. The number of fused-ring (bicyclic) bond motifs is 3. The van der Waals surface area contributed by atoms with Gasteiger partial charge in [0, 0.05) is 29.2 Å². The third kappa shape index (κ3) is 2.76. The molecule has 1 fully saturated rings. The van der Waals surface area contributed by atoms with E-state index in [1.54, 1.807) is 0 Å². The molecule has 5 heteroatoms. The maximum absolute atomic E-state index is 10.9. The highest BCUT2D eigenvalue weighted by Crippen LogP contribution is 2.36. The van der Waals surface area contributed by atoms with Crippen molar-refractivity contribution in [2.24, 2.45) is 0 Å². The zero-order valence-corrected chi connectivity index (χ0v) is 13.3. The molecule has 0 radical (unpaired) electrons. The minimum Gasteiger partial charge on any atom is -0.490 e. The lowest BCUT2D eigenvalue weighted by Crippen LogP contribution is -2.32. The molecule has 2 aliphatic rings. The Kier molecular flexibility index (Phi) is 3.43. The van der Waals surface area contributed by atoms with Crippen LogP contribution in [0.3, 0.4) is 0 Å². The van der Waals surface area contributed by atoms with E-state index in [1.807, 2.05) is 6.92 Å². The zero-order chi connectivity index (χ0) is 16.0. The number of carbonyl (C=O) groups is 1. The van der Waals surface area contributed by atoms with Crippen LogP contribution in [0.15, 0.2) is 18.2 Å². The summed E-state index contributed by atoms with van der Waals surface area (Å²) in [6.07, 6.45) is 4.68. The van der Waals surface area contributed by atoms with Crippen LogP contribution in [-0.2, 0) is 19.4 Å². The second-order valence-corrected chi connectivity index (χ2v) is 6.73. The summed E-state index contributed by atoms with van der Waals surface area (Å²) in [6, 6.07) is 6.26. The number of rotatable bonds is 5. The van der Waals surface area contributed by atoms with Crippen molar-refractivity contribution >= 4 is 17.0 Å². The molecule has 1 aromatic carbocycles. The van der Waals surface area contributed by atoms with Gasteiger partial charge < -0.3 is 19.7 Å². The van der Waals surface area contributed by atoms with Gasteiger partial charge in [0.1, 0.15) is 5.75 Å². The number of nitrogens with one attached hydrogen (secondary N) is 1. The first-order valence-corrected chi connectivity index (χ1v) is 8.42. The molecule has 122 valence electrons. The molecule has 4 rings (SSSR count). The number of hydrogen-bond donors (Lipinski definition) is 2. The summed E-state index contributed by atoms with van der Waals surface area (Å²) in [6.45, 7) is 2.97. The van der Waals surface area contributed by atoms with Crippen molar-refractivity contribution < 1.29 is 14.6 Å². The molecule has 1 aromatic heterocycles. The van der Waals surface area contributed by atoms with E-state index in [1.165, 1.54) is 28.6 Å². The largest absolute Gasteiger partial charge is 0.490 e. The number of nitrogens with zero attached hydrogens (tertiary/aromatic N) is 1. The number of carboxylic acid groups (broad SMARTS) is 1. The number of hydrogen-bond acceptors (Lipinski definition) is 2. The van der Waals surface area contributed by atoms with E-state index in [9.17, 15) is 4.79 Å². The van der Waals surface area contributed by atoms with Gasteiger partial charge in [-0.15, -0.1) is 0 Å². The van der Waals surface area contributed by atoms with Crippen LogP contribution in [0.4, 0.5) is 4.79 Å². The van der Waals surface area contributed by atoms with E-state index in [0.29, 0.717) is 6.10 Å². The average molecular weight is 314 g/mol. The molecule has 5 nitrogen and oxygen atoms in total. The van der Waals surface area contributed by atoms with Crippen molar-refractivity contribution in [2.75, 3.05) is 0 Å². The molecule has 2 heterocycles. The van der Waals surface area contributed by atoms with Crippen molar-refractivity contribution in [1.82, 2.24) is 9.88 Å². The first-order chi connectivity index (χ1) is 11.1. The molecule has 2 aromatic rings. The molecule has 1 amide bonds. The quantitative estimate of drug-likeness (QED) is 0.890. The normalized spacial score (nSPS) is 18.0. The summed E-state index contributed by atoms with van der Waals surface area (Å²) in [5.74, 6) is 0.935. The Morgan fingerprint density at radius 3 is 3.04 bits per heavy atom. The fourth-order valence-corrected chi connectivity index (χ4v) is 3.65. The van der Waals surface area contributed by atoms with Crippen molar-refractivity contribution in [3.05, 3.63) is 29.5 Å². The van der Waals surface area contributed by atoms with Crippen molar-refractivity contribution in [2.45, 2.75) is 57.7 Å². The number of aryl methyl sites for hydroxylation is 1. The molecular weight excluding hydrogens is 292 g/mol. The number of benzene rings is 1. The molecule has 0 bridgehead atoms. The van der Waals surface area contributed by atoms with E-state index in [-0.39, 0.29) is 6.04 Å². The Balaban J connectivity index is 1.72. The van der Waals surface area contributed by atoms with Gasteiger partial charge in [0.25, 0.3) is 0 Å². The van der Waals surface area contributed by atoms with Crippen LogP contribution < -0.4 is 10.1 Å². The average Bonchev–Trinajstić information content (AvgIpc) is 3.09. The lowest BCUT2D eigenvalue weighted by Gasteiger charge is -2.12. The highest BCUT2D eigenvalue weighted by molar-refractivity contribution is 5.87. The lowest BCUT2D eigenvalue weighted by atomic mass is 10.0. The topological polar surface area (TPSA) is 63.5 Å². The molecule has 1 saturated carbocycles. The van der Waals surface area contributed by atoms with Gasteiger partial charge >= 0.3 is 6.09 Å². The second kappa shape index (κ2) is 5.48. The summed E-state index contributed by atoms with van der Waals surface area (Å²) < 4.78 is 8.33. The van der Waals surface area contributed by atoms with Crippen LogP contribution in [0.2, 0.25) is 0 Å². The van der Waals surface area contributed by atoms with Crippen LogP contribution in [0, 0.1) is 0 Å². The summed E-state index contributed by atoms with van der Waals surface area (Å²) >= 11 is 0. The lowest BCUT2D eigenvalue weighted by molar-refractivity contribution is 0.190. The van der Waals surface area contributed by atoms with Crippen LogP contribution in [-0.4, -0.2) is 27.9 Å². The van der Waals surface area contributed by atoms with Crippen molar-refractivity contribution in [1.29, 1.82) is 0 Å². The van der Waals surface area contributed by atoms with Gasteiger partial charge in [0.2, 0.25) is 0 Å². The van der Waals surface area contributed by atoms with Crippen molar-refractivity contribution in [3.63, 3.8) is 0 Å². The maximum Gasteiger partial charge on any atom is 0.404 e. The summed E-state index contributed by atoms with van der Waals surface area (Å²) in [4.78, 5) is 10.9. The van der Waals surface area contributed by atoms with E-state index in [4.69, 9.17) is 9.84 Å². The van der Waals surface area contributed by atoms with Crippen LogP contribution in [0.5, 0.6) is 5.75 Å². The van der Waals surface area contributed by atoms with Crippen LogP contribution in [0.25, 0.3) is 10.9 Å². The second-order valence-electron chi connectivity index (χ2n) is 6.73. The Bertz CT molecular complexity index is 761. The summed E-state index contributed by atoms with van der Waals surface area (Å²) in [5, 5.41) is 12.7. The zero-order valence-electron chi connectivity index (χ0n) is 13.3. The van der Waals surface area contributed by atoms with E-state index in [0.717, 1.165) is 38.0 Å². The predicted octanol–water partition coefficient (Wildman–Crippen LogP) is 3.33. The monoisotopic (exact) mass is 314 g/mol. The molecule has 1 aliphatic carbocycles. The van der Waals surface area contributed by atoms with Gasteiger partial charge in [-0.05, 0) is 62.8 Å². The van der Waals surface area contributed by atoms with E-state index >= 15 is 0 Å². The number of aromatic nitrogens is 1. The number of amides is 1. The highest BCUT2D eigenvalue weighted by atomic mass is 16.5. The third-order valence-electron chi connectivity index (χ3n) is 4.76. The molecule has 23 heavy (non-hydrogen) atoms. The SMILES string of the molecule is C[C@@H](Cc1c2n(c3ccc(OC4CC4)cc13)CCC2)NC(=O)O. The Labute approximate surface area is 135 Å². The summed E-state index contributed by atoms with van der Waals surface area (Å²) in [5.41, 5.74) is 3.89. The Morgan fingerprint density at radius 2 is 2.30 bits per heavy atom. The molecule has 1 aliphatic heterocycles. The van der Waals surface area contributed by atoms with E-state index in [2.05, 4.69) is 28.1 Å². The first-order valence-electron chi connectivity index (χ1n) is 8.42. The van der Waals surface area contributed by atoms with Gasteiger partial charge in [-0.2, -0.15) is 0 Å². The Hall–Kier alpha value is -2.17. The minimum absolute atomic E-state index is 0.101. The fraction of sp³-hybridized carbons (Fsp3) is 0.500. The highest BCUT2D eigenvalue weighted by Gasteiger charge is 2.26.